The number of nitrogens with zero attached hydrogens (tertiary/aromatic N) is 1. The number of pyridine rings is 1. The molecule has 1 N–H and O–H groups in total. The summed E-state index contributed by atoms with van der Waals surface area (Å²) >= 11 is 0. The van der Waals surface area contributed by atoms with Gasteiger partial charge in [-0.15, -0.1) is 0 Å². The van der Waals surface area contributed by atoms with Crippen LogP contribution in [0.1, 0.15) is 19.4 Å². The molecule has 0 bridgehead atoms. The summed E-state index contributed by atoms with van der Waals surface area (Å²) < 4.78 is 0. The Kier molecular flexibility index (Phi) is 3.52. The fraction of sp³-hybridized carbons (Fsp3) is 0.357. The van der Waals surface area contributed by atoms with Crippen molar-refractivity contribution in [2.75, 3.05) is 6.54 Å². The zero-order valence-electron chi connectivity index (χ0n) is 9.90. The van der Waals surface area contributed by atoms with Crippen LogP contribution in [0.15, 0.2) is 36.7 Å². The van der Waals surface area contributed by atoms with Gasteiger partial charge in [0.1, 0.15) is 0 Å². The van der Waals surface area contributed by atoms with Crippen LogP contribution in [0.5, 0.6) is 0 Å². The molecule has 0 aliphatic heterocycles. The van der Waals surface area contributed by atoms with Crippen molar-refractivity contribution >= 4 is 10.8 Å². The molecule has 0 atom stereocenters. The average Bonchev–Trinajstić information content (AvgIpc) is 2.29. The molecule has 1 aromatic carbocycles. The van der Waals surface area contributed by atoms with Gasteiger partial charge in [0, 0.05) is 24.3 Å². The van der Waals surface area contributed by atoms with Crippen molar-refractivity contribution in [3.8, 4) is 0 Å². The van der Waals surface area contributed by atoms with Crippen molar-refractivity contribution in [3.63, 3.8) is 0 Å². The van der Waals surface area contributed by atoms with Crippen molar-refractivity contribution in [2.45, 2.75) is 20.4 Å². The smallest absolute Gasteiger partial charge is 0.0349 e. The first kappa shape index (κ1) is 11.1. The van der Waals surface area contributed by atoms with Crippen LogP contribution >= 0.6 is 0 Å². The predicted molar refractivity (Wildman–Crippen MR) is 68.3 cm³/mol. The van der Waals surface area contributed by atoms with Crippen LogP contribution in [-0.2, 0) is 6.54 Å². The van der Waals surface area contributed by atoms with Gasteiger partial charge in [-0.3, -0.25) is 4.98 Å². The summed E-state index contributed by atoms with van der Waals surface area (Å²) in [7, 11) is 0. The molecule has 0 radical (unpaired) electrons. The minimum atomic E-state index is 0.688. The summed E-state index contributed by atoms with van der Waals surface area (Å²) in [6.07, 6.45) is 3.79. The second kappa shape index (κ2) is 5.08. The van der Waals surface area contributed by atoms with E-state index < -0.39 is 0 Å². The van der Waals surface area contributed by atoms with E-state index in [9.17, 15) is 0 Å². The van der Waals surface area contributed by atoms with E-state index in [1.54, 1.807) is 0 Å². The maximum absolute atomic E-state index is 4.19. The lowest BCUT2D eigenvalue weighted by Gasteiger charge is -2.09. The molecule has 2 rings (SSSR count). The third-order valence-corrected chi connectivity index (χ3v) is 2.64. The number of aromatic nitrogens is 1. The second-order valence-electron chi connectivity index (χ2n) is 4.54. The molecular weight excluding hydrogens is 196 g/mol. The molecule has 2 aromatic rings. The Morgan fingerprint density at radius 2 is 2.12 bits per heavy atom. The third kappa shape index (κ3) is 2.58. The fourth-order valence-corrected chi connectivity index (χ4v) is 1.83. The summed E-state index contributed by atoms with van der Waals surface area (Å²) in [6.45, 7) is 6.41. The SMILES string of the molecule is CC(C)CNCc1cccc2ccncc12. The Balaban J connectivity index is 2.17. The Morgan fingerprint density at radius 3 is 2.94 bits per heavy atom. The van der Waals surface area contributed by atoms with E-state index in [2.05, 4.69) is 48.4 Å². The molecule has 0 fully saturated rings. The predicted octanol–water partition coefficient (Wildman–Crippen LogP) is 2.98. The van der Waals surface area contributed by atoms with E-state index in [1.165, 1.54) is 16.3 Å². The van der Waals surface area contributed by atoms with Crippen molar-refractivity contribution in [3.05, 3.63) is 42.2 Å². The highest BCUT2D eigenvalue weighted by Gasteiger charge is 2.00. The van der Waals surface area contributed by atoms with Gasteiger partial charge in [-0.1, -0.05) is 32.0 Å². The van der Waals surface area contributed by atoms with Crippen LogP contribution in [0, 0.1) is 5.92 Å². The lowest BCUT2D eigenvalue weighted by Crippen LogP contribution is -2.19. The number of nitrogens with one attached hydrogen (secondary N) is 1. The Morgan fingerprint density at radius 1 is 1.25 bits per heavy atom. The third-order valence-electron chi connectivity index (χ3n) is 2.64. The van der Waals surface area contributed by atoms with Gasteiger partial charge < -0.3 is 5.32 Å². The molecule has 16 heavy (non-hydrogen) atoms. The lowest BCUT2D eigenvalue weighted by atomic mass is 10.1. The van der Waals surface area contributed by atoms with Gasteiger partial charge in [-0.2, -0.15) is 0 Å². The summed E-state index contributed by atoms with van der Waals surface area (Å²) in [4.78, 5) is 4.19. The van der Waals surface area contributed by atoms with Crippen LogP contribution in [0.25, 0.3) is 10.8 Å². The molecule has 0 unspecified atom stereocenters. The first-order chi connectivity index (χ1) is 7.77. The molecule has 0 aliphatic rings. The van der Waals surface area contributed by atoms with E-state index >= 15 is 0 Å². The van der Waals surface area contributed by atoms with Crippen molar-refractivity contribution in [2.24, 2.45) is 5.92 Å². The Labute approximate surface area is 96.7 Å². The van der Waals surface area contributed by atoms with Crippen LogP contribution in [0.3, 0.4) is 0 Å². The van der Waals surface area contributed by atoms with Gasteiger partial charge in [0.25, 0.3) is 0 Å². The number of hydrogen-bond acceptors (Lipinski definition) is 2. The van der Waals surface area contributed by atoms with Gasteiger partial charge in [-0.25, -0.2) is 0 Å². The fourth-order valence-electron chi connectivity index (χ4n) is 1.83. The normalized spacial score (nSPS) is 11.2. The molecule has 84 valence electrons. The molecule has 1 heterocycles. The molecule has 2 nitrogen and oxygen atoms in total. The molecule has 0 saturated carbocycles. The van der Waals surface area contributed by atoms with Crippen molar-refractivity contribution < 1.29 is 0 Å². The highest BCUT2D eigenvalue weighted by Crippen LogP contribution is 2.16. The van der Waals surface area contributed by atoms with Crippen molar-refractivity contribution in [1.29, 1.82) is 0 Å². The molecule has 0 aliphatic carbocycles. The number of rotatable bonds is 4. The van der Waals surface area contributed by atoms with Gasteiger partial charge >= 0.3 is 0 Å². The topological polar surface area (TPSA) is 24.9 Å². The van der Waals surface area contributed by atoms with Crippen LogP contribution in [0.4, 0.5) is 0 Å². The van der Waals surface area contributed by atoms with E-state index in [0.717, 1.165) is 13.1 Å². The first-order valence-corrected chi connectivity index (χ1v) is 5.79. The van der Waals surface area contributed by atoms with Gasteiger partial charge in [0.05, 0.1) is 0 Å². The summed E-state index contributed by atoms with van der Waals surface area (Å²) in [5.41, 5.74) is 1.33. The molecule has 1 aromatic heterocycles. The molecule has 0 saturated heterocycles. The highest BCUT2D eigenvalue weighted by atomic mass is 14.8. The quantitative estimate of drug-likeness (QED) is 0.846. The summed E-state index contributed by atoms with van der Waals surface area (Å²) in [5.74, 6) is 0.688. The largest absolute Gasteiger partial charge is 0.312 e. The Hall–Kier alpha value is -1.41. The summed E-state index contributed by atoms with van der Waals surface area (Å²) in [5, 5.41) is 5.98. The average molecular weight is 214 g/mol. The molecule has 2 heteroatoms. The van der Waals surface area contributed by atoms with E-state index in [0.29, 0.717) is 5.92 Å². The lowest BCUT2D eigenvalue weighted by molar-refractivity contribution is 0.553. The molecular formula is C14H18N2. The maximum Gasteiger partial charge on any atom is 0.0349 e. The molecule has 0 amide bonds. The van der Waals surface area contributed by atoms with Gasteiger partial charge in [0.2, 0.25) is 0 Å². The van der Waals surface area contributed by atoms with E-state index in [1.807, 2.05) is 12.4 Å². The maximum atomic E-state index is 4.19. The van der Waals surface area contributed by atoms with Gasteiger partial charge in [0.15, 0.2) is 0 Å². The standard InChI is InChI=1S/C14H18N2/c1-11(2)8-16-9-13-5-3-4-12-6-7-15-10-14(12)13/h3-7,10-11,16H,8-9H2,1-2H3. The number of hydrogen-bond donors (Lipinski definition) is 1. The van der Waals surface area contributed by atoms with Crippen LogP contribution < -0.4 is 5.32 Å². The highest BCUT2D eigenvalue weighted by molar-refractivity contribution is 5.84. The minimum absolute atomic E-state index is 0.688. The van der Waals surface area contributed by atoms with E-state index in [4.69, 9.17) is 0 Å². The first-order valence-electron chi connectivity index (χ1n) is 5.79. The second-order valence-corrected chi connectivity index (χ2v) is 4.54. The van der Waals surface area contributed by atoms with Gasteiger partial charge in [-0.05, 0) is 29.5 Å². The van der Waals surface area contributed by atoms with Crippen molar-refractivity contribution in [1.82, 2.24) is 10.3 Å². The zero-order chi connectivity index (χ0) is 11.4. The number of benzene rings is 1. The number of fused-ring (bicyclic) bond motifs is 1. The van der Waals surface area contributed by atoms with Crippen LogP contribution in [0.2, 0.25) is 0 Å². The Bertz CT molecular complexity index is 458. The molecule has 0 spiro atoms. The summed E-state index contributed by atoms with van der Waals surface area (Å²) in [6, 6.07) is 8.45. The van der Waals surface area contributed by atoms with Crippen LogP contribution in [-0.4, -0.2) is 11.5 Å². The minimum Gasteiger partial charge on any atom is -0.312 e. The monoisotopic (exact) mass is 214 g/mol. The zero-order valence-corrected chi connectivity index (χ0v) is 9.90. The van der Waals surface area contributed by atoms with E-state index in [-0.39, 0.29) is 0 Å².